The molecule has 3 aromatic rings. The number of hydrogen-bond acceptors (Lipinski definition) is 5. The van der Waals surface area contributed by atoms with Crippen molar-refractivity contribution < 1.29 is 9.59 Å². The predicted molar refractivity (Wildman–Crippen MR) is 115 cm³/mol. The lowest BCUT2D eigenvalue weighted by atomic mass is 10.1. The highest BCUT2D eigenvalue weighted by molar-refractivity contribution is 8.09. The molecule has 29 heavy (non-hydrogen) atoms. The molecule has 0 saturated carbocycles. The van der Waals surface area contributed by atoms with E-state index in [9.17, 15) is 9.59 Å². The molecule has 0 radical (unpaired) electrons. The summed E-state index contributed by atoms with van der Waals surface area (Å²) in [6.45, 7) is 1.87. The molecule has 1 aromatic carbocycles. The Labute approximate surface area is 176 Å². The van der Waals surface area contributed by atoms with E-state index < -0.39 is 17.3 Å². The van der Waals surface area contributed by atoms with E-state index in [2.05, 4.69) is 15.3 Å². The Balaban J connectivity index is 1.51. The lowest BCUT2D eigenvalue weighted by Gasteiger charge is -2.33. The lowest BCUT2D eigenvalue weighted by molar-refractivity contribution is -0.118. The van der Waals surface area contributed by atoms with Gasteiger partial charge in [0.25, 0.3) is 5.91 Å². The first-order chi connectivity index (χ1) is 14.0. The molecule has 0 spiro atoms. The molecule has 2 unspecified atom stereocenters. The molecule has 2 atom stereocenters. The van der Waals surface area contributed by atoms with E-state index in [4.69, 9.17) is 11.6 Å². The number of aryl methyl sites for hydroxylation is 1. The Kier molecular flexibility index (Phi) is 4.29. The first-order valence-corrected chi connectivity index (χ1v) is 10.3. The number of urea groups is 1. The van der Waals surface area contributed by atoms with E-state index in [1.807, 2.05) is 49.4 Å². The van der Waals surface area contributed by atoms with Crippen LogP contribution in [-0.2, 0) is 4.79 Å². The maximum atomic E-state index is 13.3. The zero-order valence-corrected chi connectivity index (χ0v) is 16.9. The highest BCUT2D eigenvalue weighted by Crippen LogP contribution is 2.44. The summed E-state index contributed by atoms with van der Waals surface area (Å²) in [5, 5.41) is 4.50. The van der Waals surface area contributed by atoms with Gasteiger partial charge in [0.1, 0.15) is 10.4 Å². The Morgan fingerprint density at radius 3 is 2.79 bits per heavy atom. The fraction of sp³-hybridized carbons (Fsp3) is 0.143. The number of rotatable bonds is 2. The third-order valence-corrected chi connectivity index (χ3v) is 6.66. The van der Waals surface area contributed by atoms with Crippen LogP contribution in [0.5, 0.6) is 0 Å². The standard InChI is InChI=1S/C21H15ClN4O2S/c1-11-6-7-14(19(22)24-11)17-8-15-18(29-17)20(27)26(21(28)25-15)16-10-23-9-12-4-2-3-5-13(12)16/h2-10,15,18H,1H3,(H,25,28). The van der Waals surface area contributed by atoms with Gasteiger partial charge in [-0.25, -0.2) is 14.7 Å². The van der Waals surface area contributed by atoms with Crippen molar-refractivity contribution in [2.75, 3.05) is 4.90 Å². The third-order valence-electron chi connectivity index (χ3n) is 5.01. The van der Waals surface area contributed by atoms with Crippen molar-refractivity contribution in [2.45, 2.75) is 18.2 Å². The number of carbonyl (C=O) groups excluding carboxylic acids is 2. The van der Waals surface area contributed by atoms with Gasteiger partial charge in [0.15, 0.2) is 0 Å². The van der Waals surface area contributed by atoms with Crippen molar-refractivity contribution in [1.29, 1.82) is 0 Å². The van der Waals surface area contributed by atoms with E-state index >= 15 is 0 Å². The number of fused-ring (bicyclic) bond motifs is 2. The summed E-state index contributed by atoms with van der Waals surface area (Å²) in [6.07, 6.45) is 5.14. The number of hydrogen-bond donors (Lipinski definition) is 1. The second-order valence-corrected chi connectivity index (χ2v) is 8.43. The van der Waals surface area contributed by atoms with Gasteiger partial charge in [0.05, 0.1) is 17.9 Å². The monoisotopic (exact) mass is 422 g/mol. The summed E-state index contributed by atoms with van der Waals surface area (Å²) in [5.41, 5.74) is 2.06. The molecule has 2 aromatic heterocycles. The fourth-order valence-corrected chi connectivity index (χ4v) is 5.27. The molecule has 2 aliphatic heterocycles. The minimum atomic E-state index is -0.473. The number of nitrogens with zero attached hydrogens (tertiary/aromatic N) is 3. The number of nitrogens with one attached hydrogen (secondary N) is 1. The van der Waals surface area contributed by atoms with Crippen molar-refractivity contribution in [3.8, 4) is 0 Å². The van der Waals surface area contributed by atoms with Crippen LogP contribution in [0.1, 0.15) is 11.3 Å². The Morgan fingerprint density at radius 2 is 1.97 bits per heavy atom. The van der Waals surface area contributed by atoms with Crippen LogP contribution in [0.2, 0.25) is 5.15 Å². The summed E-state index contributed by atoms with van der Waals surface area (Å²) < 4.78 is 0. The van der Waals surface area contributed by atoms with E-state index in [0.29, 0.717) is 10.8 Å². The normalized spacial score (nSPS) is 21.2. The molecular weight excluding hydrogens is 408 g/mol. The van der Waals surface area contributed by atoms with E-state index in [1.165, 1.54) is 16.7 Å². The number of anilines is 1. The average Bonchev–Trinajstić information content (AvgIpc) is 3.12. The minimum Gasteiger partial charge on any atom is -0.329 e. The van der Waals surface area contributed by atoms with Gasteiger partial charge in [0, 0.05) is 33.1 Å². The molecule has 3 amide bonds. The fourth-order valence-electron chi connectivity index (χ4n) is 3.62. The number of amides is 3. The first-order valence-electron chi connectivity index (χ1n) is 9.02. The average molecular weight is 423 g/mol. The second-order valence-electron chi connectivity index (χ2n) is 6.89. The molecule has 5 rings (SSSR count). The number of thioether (sulfide) groups is 1. The SMILES string of the molecule is Cc1ccc(C2=CC3NC(=O)N(c4cncc5ccccc45)C(=O)C3S2)c(Cl)n1. The number of benzene rings is 1. The van der Waals surface area contributed by atoms with E-state index in [-0.39, 0.29) is 5.91 Å². The van der Waals surface area contributed by atoms with Crippen LogP contribution < -0.4 is 10.2 Å². The summed E-state index contributed by atoms with van der Waals surface area (Å²) in [5.74, 6) is -0.274. The van der Waals surface area contributed by atoms with Crippen molar-refractivity contribution >= 4 is 56.7 Å². The summed E-state index contributed by atoms with van der Waals surface area (Å²) in [7, 11) is 0. The van der Waals surface area contributed by atoms with E-state index in [0.717, 1.165) is 26.9 Å². The Hall–Kier alpha value is -2.90. The summed E-state index contributed by atoms with van der Waals surface area (Å²) in [6, 6.07) is 10.5. The van der Waals surface area contributed by atoms with Gasteiger partial charge in [-0.05, 0) is 25.1 Å². The van der Waals surface area contributed by atoms with Gasteiger partial charge >= 0.3 is 6.03 Å². The first kappa shape index (κ1) is 18.1. The maximum absolute atomic E-state index is 13.3. The molecule has 1 fully saturated rings. The van der Waals surface area contributed by atoms with Crippen molar-refractivity contribution in [1.82, 2.24) is 15.3 Å². The van der Waals surface area contributed by atoms with Crippen LogP contribution in [0.3, 0.4) is 0 Å². The van der Waals surface area contributed by atoms with Crippen molar-refractivity contribution in [3.05, 3.63) is 71.3 Å². The number of pyridine rings is 2. The molecule has 6 nitrogen and oxygen atoms in total. The van der Waals surface area contributed by atoms with Crippen LogP contribution in [0.4, 0.5) is 10.5 Å². The van der Waals surface area contributed by atoms with Gasteiger partial charge in [-0.15, -0.1) is 11.8 Å². The maximum Gasteiger partial charge on any atom is 0.329 e. The van der Waals surface area contributed by atoms with Crippen molar-refractivity contribution in [3.63, 3.8) is 0 Å². The molecule has 8 heteroatoms. The number of halogens is 1. The van der Waals surface area contributed by atoms with Crippen molar-refractivity contribution in [2.24, 2.45) is 0 Å². The molecule has 0 bridgehead atoms. The van der Waals surface area contributed by atoms with Crippen LogP contribution in [0, 0.1) is 6.92 Å². The minimum absolute atomic E-state index is 0.274. The van der Waals surface area contributed by atoms with Crippen LogP contribution in [-0.4, -0.2) is 33.2 Å². The molecule has 2 aliphatic rings. The quantitative estimate of drug-likeness (QED) is 0.627. The highest BCUT2D eigenvalue weighted by Gasteiger charge is 2.45. The number of imide groups is 1. The van der Waals surface area contributed by atoms with E-state index in [1.54, 1.807) is 12.4 Å². The number of carbonyl (C=O) groups is 2. The van der Waals surface area contributed by atoms with Crippen LogP contribution in [0.25, 0.3) is 15.7 Å². The molecule has 144 valence electrons. The van der Waals surface area contributed by atoms with Gasteiger partial charge in [-0.1, -0.05) is 35.9 Å². The Morgan fingerprint density at radius 1 is 1.14 bits per heavy atom. The molecule has 1 N–H and O–H groups in total. The largest absolute Gasteiger partial charge is 0.329 e. The highest BCUT2D eigenvalue weighted by atomic mass is 35.5. The molecule has 4 heterocycles. The smallest absolute Gasteiger partial charge is 0.329 e. The van der Waals surface area contributed by atoms with Gasteiger partial charge < -0.3 is 5.32 Å². The van der Waals surface area contributed by atoms with Gasteiger partial charge in [-0.3, -0.25) is 9.78 Å². The summed E-state index contributed by atoms with van der Waals surface area (Å²) >= 11 is 7.70. The zero-order chi connectivity index (χ0) is 20.1. The summed E-state index contributed by atoms with van der Waals surface area (Å²) in [4.78, 5) is 36.7. The van der Waals surface area contributed by atoms with Gasteiger partial charge in [-0.2, -0.15) is 0 Å². The Bertz CT molecular complexity index is 1210. The number of aromatic nitrogens is 2. The topological polar surface area (TPSA) is 75.2 Å². The van der Waals surface area contributed by atoms with Gasteiger partial charge in [0.2, 0.25) is 0 Å². The second kappa shape index (κ2) is 6.86. The lowest BCUT2D eigenvalue weighted by Crippen LogP contribution is -2.60. The van der Waals surface area contributed by atoms with Crippen LogP contribution >= 0.6 is 23.4 Å². The molecule has 1 saturated heterocycles. The predicted octanol–water partition coefficient (Wildman–Crippen LogP) is 4.17. The van der Waals surface area contributed by atoms with Crippen LogP contribution in [0.15, 0.2) is 54.9 Å². The molecular formula is C21H15ClN4O2S. The molecule has 0 aliphatic carbocycles. The zero-order valence-electron chi connectivity index (χ0n) is 15.3. The third kappa shape index (κ3) is 2.97.